The summed E-state index contributed by atoms with van der Waals surface area (Å²) in [5.41, 5.74) is 3.13. The van der Waals surface area contributed by atoms with E-state index in [1.165, 1.54) is 11.6 Å². The lowest BCUT2D eigenvalue weighted by Gasteiger charge is -2.12. The maximum atomic E-state index is 12.6. The van der Waals surface area contributed by atoms with E-state index >= 15 is 0 Å². The number of rotatable bonds is 6. The minimum atomic E-state index is -0.480. The smallest absolute Gasteiger partial charge is 0.276 e. The van der Waals surface area contributed by atoms with Crippen LogP contribution in [0.4, 0.5) is 0 Å². The number of carbonyl (C=O) groups excluding carboxylic acids is 1. The molecular weight excluding hydrogens is 352 g/mol. The van der Waals surface area contributed by atoms with Gasteiger partial charge in [0, 0.05) is 24.8 Å². The first-order valence-electron chi connectivity index (χ1n) is 9.11. The number of nitrogens with zero attached hydrogens (tertiary/aromatic N) is 3. The van der Waals surface area contributed by atoms with E-state index in [1.807, 2.05) is 68.7 Å². The Hall–Kier alpha value is -3.25. The Morgan fingerprint density at radius 3 is 2.32 bits per heavy atom. The fraction of sp³-hybridized carbons (Fsp3) is 0.227. The van der Waals surface area contributed by atoms with Gasteiger partial charge in [-0.15, -0.1) is 0 Å². The zero-order valence-electron chi connectivity index (χ0n) is 16.3. The molecule has 3 rings (SSSR count). The molecule has 28 heavy (non-hydrogen) atoms. The van der Waals surface area contributed by atoms with Gasteiger partial charge in [0.2, 0.25) is 5.43 Å². The van der Waals surface area contributed by atoms with Crippen LogP contribution in [0.15, 0.2) is 65.5 Å². The summed E-state index contributed by atoms with van der Waals surface area (Å²) in [7, 11) is 4.04. The minimum Gasteiger partial charge on any atom is -0.346 e. The molecule has 0 aliphatic rings. The number of aryl methyl sites for hydroxylation is 1. The third-order valence-electron chi connectivity index (χ3n) is 4.30. The lowest BCUT2D eigenvalue weighted by Crippen LogP contribution is -2.31. The Labute approximate surface area is 164 Å². The van der Waals surface area contributed by atoms with Gasteiger partial charge in [0.15, 0.2) is 5.69 Å². The quantitative estimate of drug-likeness (QED) is 0.718. The van der Waals surface area contributed by atoms with Gasteiger partial charge in [-0.2, -0.15) is 5.10 Å². The first-order chi connectivity index (χ1) is 13.4. The second-order valence-corrected chi connectivity index (χ2v) is 6.98. The molecule has 6 nitrogen and oxygen atoms in total. The molecule has 0 saturated heterocycles. The summed E-state index contributed by atoms with van der Waals surface area (Å²) in [6.07, 6.45) is 0. The van der Waals surface area contributed by atoms with Gasteiger partial charge in [-0.05, 0) is 44.3 Å². The van der Waals surface area contributed by atoms with E-state index < -0.39 is 5.91 Å². The van der Waals surface area contributed by atoms with Gasteiger partial charge in [-0.3, -0.25) is 9.59 Å². The number of amides is 1. The number of para-hydroxylation sites is 1. The highest BCUT2D eigenvalue weighted by molar-refractivity contribution is 5.92. The van der Waals surface area contributed by atoms with Crippen molar-refractivity contribution in [2.75, 3.05) is 14.1 Å². The van der Waals surface area contributed by atoms with Crippen molar-refractivity contribution in [2.24, 2.45) is 0 Å². The van der Waals surface area contributed by atoms with Gasteiger partial charge in [0.25, 0.3) is 5.91 Å². The molecule has 0 aliphatic carbocycles. The molecule has 1 heterocycles. The predicted octanol–water partition coefficient (Wildman–Crippen LogP) is 2.53. The highest BCUT2D eigenvalue weighted by Crippen LogP contribution is 2.09. The van der Waals surface area contributed by atoms with Crippen molar-refractivity contribution in [1.29, 1.82) is 0 Å². The van der Waals surface area contributed by atoms with E-state index in [9.17, 15) is 9.59 Å². The van der Waals surface area contributed by atoms with Crippen LogP contribution in [0.1, 0.15) is 27.3 Å². The number of aromatic nitrogens is 2. The lowest BCUT2D eigenvalue weighted by atomic mass is 10.1. The SMILES string of the molecule is Cc1cc(=O)c(C(=O)NCc2ccc(CN(C)C)cc2)nn1-c1ccccc1. The standard InChI is InChI=1S/C22H24N4O2/c1-16-13-20(27)21(24-26(16)19-7-5-4-6-8-19)22(28)23-14-17-9-11-18(12-10-17)15-25(2)3/h4-13H,14-15H2,1-3H3,(H,23,28). The molecule has 0 unspecified atom stereocenters. The molecule has 6 heteroatoms. The monoisotopic (exact) mass is 376 g/mol. The Bertz CT molecular complexity index is 1010. The first kappa shape index (κ1) is 19.5. The van der Waals surface area contributed by atoms with Crippen LogP contribution in [-0.2, 0) is 13.1 Å². The average molecular weight is 376 g/mol. The molecule has 0 spiro atoms. The summed E-state index contributed by atoms with van der Waals surface area (Å²) in [6.45, 7) is 2.98. The minimum absolute atomic E-state index is 0.112. The number of carbonyl (C=O) groups is 1. The fourth-order valence-corrected chi connectivity index (χ4v) is 2.93. The Balaban J connectivity index is 1.75. The van der Waals surface area contributed by atoms with Gasteiger partial charge >= 0.3 is 0 Å². The second kappa shape index (κ2) is 8.63. The van der Waals surface area contributed by atoms with E-state index in [4.69, 9.17) is 0 Å². The number of hydrogen-bond acceptors (Lipinski definition) is 4. The highest BCUT2D eigenvalue weighted by Gasteiger charge is 2.15. The third kappa shape index (κ3) is 4.72. The highest BCUT2D eigenvalue weighted by atomic mass is 16.2. The van der Waals surface area contributed by atoms with Crippen LogP contribution in [0.3, 0.4) is 0 Å². The van der Waals surface area contributed by atoms with Crippen LogP contribution in [0.5, 0.6) is 0 Å². The molecule has 0 bridgehead atoms. The summed E-state index contributed by atoms with van der Waals surface area (Å²) in [5.74, 6) is -0.480. The summed E-state index contributed by atoms with van der Waals surface area (Å²) >= 11 is 0. The molecule has 0 atom stereocenters. The van der Waals surface area contributed by atoms with Crippen LogP contribution >= 0.6 is 0 Å². The first-order valence-corrected chi connectivity index (χ1v) is 9.11. The summed E-state index contributed by atoms with van der Waals surface area (Å²) in [5, 5.41) is 7.08. The molecular formula is C22H24N4O2. The molecule has 0 aliphatic heterocycles. The Kier molecular flexibility index (Phi) is 6.01. The van der Waals surface area contributed by atoms with Gasteiger partial charge in [-0.25, -0.2) is 4.68 Å². The van der Waals surface area contributed by atoms with Crippen molar-refractivity contribution in [1.82, 2.24) is 20.0 Å². The van der Waals surface area contributed by atoms with Crippen LogP contribution in [-0.4, -0.2) is 34.7 Å². The van der Waals surface area contributed by atoms with Gasteiger partial charge in [0.1, 0.15) is 0 Å². The summed E-state index contributed by atoms with van der Waals surface area (Å²) in [4.78, 5) is 26.9. The van der Waals surface area contributed by atoms with Crippen molar-refractivity contribution in [3.8, 4) is 5.69 Å². The van der Waals surface area contributed by atoms with Crippen LogP contribution in [0.2, 0.25) is 0 Å². The number of benzene rings is 2. The van der Waals surface area contributed by atoms with E-state index in [2.05, 4.69) is 15.3 Å². The van der Waals surface area contributed by atoms with E-state index in [1.54, 1.807) is 11.6 Å². The van der Waals surface area contributed by atoms with Gasteiger partial charge < -0.3 is 10.2 Å². The molecule has 2 aromatic carbocycles. The fourth-order valence-electron chi connectivity index (χ4n) is 2.93. The zero-order chi connectivity index (χ0) is 20.1. The molecule has 1 amide bonds. The normalized spacial score (nSPS) is 10.9. The van der Waals surface area contributed by atoms with E-state index in [0.717, 1.165) is 17.8 Å². The third-order valence-corrected chi connectivity index (χ3v) is 4.30. The number of hydrogen-bond donors (Lipinski definition) is 1. The average Bonchev–Trinajstić information content (AvgIpc) is 2.67. The van der Waals surface area contributed by atoms with Crippen LogP contribution < -0.4 is 10.7 Å². The van der Waals surface area contributed by atoms with E-state index in [0.29, 0.717) is 12.2 Å². The van der Waals surface area contributed by atoms with Gasteiger partial charge in [-0.1, -0.05) is 42.5 Å². The van der Waals surface area contributed by atoms with Crippen molar-refractivity contribution in [3.63, 3.8) is 0 Å². The van der Waals surface area contributed by atoms with E-state index in [-0.39, 0.29) is 11.1 Å². The van der Waals surface area contributed by atoms with Crippen molar-refractivity contribution in [3.05, 3.63) is 93.4 Å². The Morgan fingerprint density at radius 1 is 1.04 bits per heavy atom. The molecule has 0 saturated carbocycles. The molecule has 1 N–H and O–H groups in total. The molecule has 1 aromatic heterocycles. The maximum Gasteiger partial charge on any atom is 0.276 e. The summed E-state index contributed by atoms with van der Waals surface area (Å²) < 4.78 is 1.60. The topological polar surface area (TPSA) is 67.2 Å². The van der Waals surface area contributed by atoms with Crippen molar-refractivity contribution in [2.45, 2.75) is 20.0 Å². The van der Waals surface area contributed by atoms with Crippen LogP contribution in [0, 0.1) is 6.92 Å². The molecule has 3 aromatic rings. The molecule has 144 valence electrons. The summed E-state index contributed by atoms with van der Waals surface area (Å²) in [6, 6.07) is 18.9. The largest absolute Gasteiger partial charge is 0.346 e. The lowest BCUT2D eigenvalue weighted by molar-refractivity contribution is 0.0943. The van der Waals surface area contributed by atoms with Crippen molar-refractivity contribution < 1.29 is 4.79 Å². The molecule has 0 radical (unpaired) electrons. The molecule has 0 fully saturated rings. The van der Waals surface area contributed by atoms with Crippen molar-refractivity contribution >= 4 is 5.91 Å². The predicted molar refractivity (Wildman–Crippen MR) is 110 cm³/mol. The van der Waals surface area contributed by atoms with Gasteiger partial charge in [0.05, 0.1) is 5.69 Å². The maximum absolute atomic E-state index is 12.6. The number of nitrogens with one attached hydrogen (secondary N) is 1. The zero-order valence-corrected chi connectivity index (χ0v) is 16.3. The van der Waals surface area contributed by atoms with Crippen LogP contribution in [0.25, 0.3) is 5.69 Å². The Morgan fingerprint density at radius 2 is 1.68 bits per heavy atom. The second-order valence-electron chi connectivity index (χ2n) is 6.98.